The molecule has 0 rings (SSSR count). The Morgan fingerprint density at radius 1 is 0.633 bits per heavy atom. The second kappa shape index (κ2) is 37.5. The second-order valence-electron chi connectivity index (χ2n) is 12.4. The van der Waals surface area contributed by atoms with E-state index < -0.39 is 13.9 Å². The molecule has 2 atom stereocenters. The van der Waals surface area contributed by atoms with Crippen molar-refractivity contribution < 1.29 is 32.8 Å². The van der Waals surface area contributed by atoms with E-state index in [0.29, 0.717) is 13.0 Å². The molecule has 0 aliphatic rings. The van der Waals surface area contributed by atoms with Gasteiger partial charge in [-0.3, -0.25) is 13.8 Å². The molecule has 0 aromatic carbocycles. The van der Waals surface area contributed by atoms with E-state index in [0.717, 1.165) is 70.6 Å². The van der Waals surface area contributed by atoms with Gasteiger partial charge in [-0.15, -0.1) is 0 Å². The summed E-state index contributed by atoms with van der Waals surface area (Å²) >= 11 is 0. The van der Waals surface area contributed by atoms with Crippen LogP contribution in [0.15, 0.2) is 60.8 Å². The Morgan fingerprint density at radius 2 is 1.14 bits per heavy atom. The van der Waals surface area contributed by atoms with Crippen molar-refractivity contribution in [2.45, 2.75) is 155 Å². The zero-order valence-electron chi connectivity index (χ0n) is 31.2. The molecule has 0 spiro atoms. The minimum absolute atomic E-state index is 0.0727. The Kier molecular flexibility index (Phi) is 36.1. The third-order valence-corrected chi connectivity index (χ3v) is 8.65. The molecule has 49 heavy (non-hydrogen) atoms. The molecule has 9 heteroatoms. The van der Waals surface area contributed by atoms with Gasteiger partial charge in [0.25, 0.3) is 0 Å². The summed E-state index contributed by atoms with van der Waals surface area (Å²) < 4.78 is 33.2. The summed E-state index contributed by atoms with van der Waals surface area (Å²) in [7, 11) is -4.29. The van der Waals surface area contributed by atoms with Gasteiger partial charge in [-0.25, -0.2) is 4.57 Å². The highest BCUT2D eigenvalue weighted by Crippen LogP contribution is 2.43. The van der Waals surface area contributed by atoms with Gasteiger partial charge in [-0.1, -0.05) is 132 Å². The van der Waals surface area contributed by atoms with E-state index in [1.807, 2.05) is 0 Å². The molecule has 0 radical (unpaired) electrons. The van der Waals surface area contributed by atoms with Crippen LogP contribution in [0.5, 0.6) is 0 Å². The lowest BCUT2D eigenvalue weighted by Crippen LogP contribution is -2.28. The number of carbonyl (C=O) groups excluding carboxylic acids is 1. The maximum atomic E-state index is 12.5. The van der Waals surface area contributed by atoms with E-state index >= 15 is 0 Å². The van der Waals surface area contributed by atoms with E-state index in [9.17, 15) is 14.3 Å². The second-order valence-corrected chi connectivity index (χ2v) is 13.9. The van der Waals surface area contributed by atoms with Crippen LogP contribution < -0.4 is 5.73 Å². The van der Waals surface area contributed by atoms with Gasteiger partial charge in [-0.05, 0) is 70.6 Å². The number of unbranched alkanes of at least 4 members (excludes halogenated alkanes) is 13. The fraction of sp³-hybridized carbons (Fsp3) is 0.725. The number of hydrogen-bond donors (Lipinski definition) is 2. The fourth-order valence-electron chi connectivity index (χ4n) is 4.88. The van der Waals surface area contributed by atoms with Crippen LogP contribution in [0, 0.1) is 0 Å². The number of phosphoric acid groups is 1. The predicted molar refractivity (Wildman–Crippen MR) is 205 cm³/mol. The molecule has 8 nitrogen and oxygen atoms in total. The summed E-state index contributed by atoms with van der Waals surface area (Å²) in [6, 6.07) is 0. The lowest BCUT2D eigenvalue weighted by atomic mass is 10.1. The number of hydrogen-bond acceptors (Lipinski definition) is 7. The van der Waals surface area contributed by atoms with Crippen LogP contribution in [0.25, 0.3) is 0 Å². The number of nitrogens with two attached hydrogens (primary N) is 1. The summed E-state index contributed by atoms with van der Waals surface area (Å²) in [6.07, 6.45) is 43.9. The van der Waals surface area contributed by atoms with Crippen molar-refractivity contribution in [1.29, 1.82) is 0 Å². The molecular weight excluding hydrogens is 637 g/mol. The maximum Gasteiger partial charge on any atom is 0.472 e. The van der Waals surface area contributed by atoms with Crippen molar-refractivity contribution in [3.05, 3.63) is 60.8 Å². The summed E-state index contributed by atoms with van der Waals surface area (Å²) in [6.45, 7) is 4.62. The van der Waals surface area contributed by atoms with Gasteiger partial charge in [0, 0.05) is 19.6 Å². The normalized spacial score (nSPS) is 14.3. The van der Waals surface area contributed by atoms with Gasteiger partial charge in [0.05, 0.1) is 19.8 Å². The number of carbonyl (C=O) groups is 1. The van der Waals surface area contributed by atoms with Crippen LogP contribution in [-0.2, 0) is 27.9 Å². The highest BCUT2D eigenvalue weighted by atomic mass is 31.2. The van der Waals surface area contributed by atoms with Crippen molar-refractivity contribution in [2.75, 3.05) is 33.0 Å². The van der Waals surface area contributed by atoms with E-state index in [2.05, 4.69) is 74.6 Å². The van der Waals surface area contributed by atoms with Crippen LogP contribution in [0.2, 0.25) is 0 Å². The third-order valence-electron chi connectivity index (χ3n) is 7.67. The SMILES string of the molecule is CC/C=C\C/C=C\C/C=C\C/C=C\CCCOCC(COP(=O)(O)OCCN)OC(=O)CCCCCCC/C=C\CCCCCCCCC. The van der Waals surface area contributed by atoms with Crippen molar-refractivity contribution in [3.8, 4) is 0 Å². The number of esters is 1. The summed E-state index contributed by atoms with van der Waals surface area (Å²) in [5, 5.41) is 0. The molecule has 0 aromatic rings. The minimum atomic E-state index is -4.29. The Hall–Kier alpha value is -1.80. The minimum Gasteiger partial charge on any atom is -0.457 e. The zero-order chi connectivity index (χ0) is 35.9. The molecule has 0 heterocycles. The average molecular weight is 710 g/mol. The van der Waals surface area contributed by atoms with Crippen LogP contribution in [0.3, 0.4) is 0 Å². The molecule has 0 bridgehead atoms. The first kappa shape index (κ1) is 47.2. The molecule has 3 N–H and O–H groups in total. The molecule has 2 unspecified atom stereocenters. The third kappa shape index (κ3) is 37.3. The number of rotatable bonds is 36. The number of ether oxygens (including phenoxy) is 2. The van der Waals surface area contributed by atoms with Gasteiger partial charge >= 0.3 is 13.8 Å². The van der Waals surface area contributed by atoms with Crippen LogP contribution in [0.1, 0.15) is 149 Å². The molecule has 284 valence electrons. The Labute approximate surface area is 300 Å². The summed E-state index contributed by atoms with van der Waals surface area (Å²) in [4.78, 5) is 22.4. The fourth-order valence-corrected chi connectivity index (χ4v) is 5.64. The highest BCUT2D eigenvalue weighted by molar-refractivity contribution is 7.47. The molecule has 0 aliphatic carbocycles. The first-order chi connectivity index (χ1) is 23.9. The monoisotopic (exact) mass is 710 g/mol. The Balaban J connectivity index is 4.20. The van der Waals surface area contributed by atoms with E-state index in [1.165, 1.54) is 57.8 Å². The molecular formula is C40H72NO7P. The summed E-state index contributed by atoms with van der Waals surface area (Å²) in [5.74, 6) is -0.360. The Morgan fingerprint density at radius 3 is 1.73 bits per heavy atom. The van der Waals surface area contributed by atoms with E-state index in [-0.39, 0.29) is 32.3 Å². The van der Waals surface area contributed by atoms with Crippen LogP contribution in [-0.4, -0.2) is 49.9 Å². The first-order valence-electron chi connectivity index (χ1n) is 19.3. The standard InChI is InChI=1S/C40H72NO7P/c1-3-5-7-9-11-13-15-17-19-20-21-23-25-27-29-31-33-40(42)48-39(38-47-49(43,44)46-36-34-41)37-45-35-32-30-28-26-24-22-18-16-14-12-10-8-6-4-2/h6,8,12,14,18-20,22,26,28,39H,3-5,7,9-11,13,15-17,21,23-25,27,29-38,41H2,1-2H3,(H,43,44)/b8-6-,14-12-,20-19-,22-18-,28-26-. The van der Waals surface area contributed by atoms with Crippen molar-refractivity contribution in [1.82, 2.24) is 0 Å². The number of allylic oxidation sites excluding steroid dienone is 10. The first-order valence-corrected chi connectivity index (χ1v) is 20.8. The highest BCUT2D eigenvalue weighted by Gasteiger charge is 2.25. The zero-order valence-corrected chi connectivity index (χ0v) is 32.1. The molecule has 0 fully saturated rings. The Bertz CT molecular complexity index is 932. The van der Waals surface area contributed by atoms with E-state index in [1.54, 1.807) is 0 Å². The summed E-state index contributed by atoms with van der Waals surface area (Å²) in [5.41, 5.74) is 5.35. The predicted octanol–water partition coefficient (Wildman–Crippen LogP) is 11.0. The van der Waals surface area contributed by atoms with Gasteiger partial charge in [0.15, 0.2) is 0 Å². The molecule has 0 saturated carbocycles. The molecule has 0 saturated heterocycles. The van der Waals surface area contributed by atoms with Crippen LogP contribution >= 0.6 is 7.82 Å². The van der Waals surface area contributed by atoms with Crippen molar-refractivity contribution >= 4 is 13.8 Å². The molecule has 0 aliphatic heterocycles. The molecule has 0 aromatic heterocycles. The molecule has 0 amide bonds. The van der Waals surface area contributed by atoms with Gasteiger partial charge in [0.1, 0.15) is 6.10 Å². The van der Waals surface area contributed by atoms with E-state index in [4.69, 9.17) is 24.3 Å². The van der Waals surface area contributed by atoms with Gasteiger partial charge in [-0.2, -0.15) is 0 Å². The largest absolute Gasteiger partial charge is 0.472 e. The number of phosphoric ester groups is 1. The van der Waals surface area contributed by atoms with Crippen molar-refractivity contribution in [3.63, 3.8) is 0 Å². The average Bonchev–Trinajstić information content (AvgIpc) is 3.09. The van der Waals surface area contributed by atoms with Crippen LogP contribution in [0.4, 0.5) is 0 Å². The van der Waals surface area contributed by atoms with Gasteiger partial charge < -0.3 is 20.1 Å². The lowest BCUT2D eigenvalue weighted by Gasteiger charge is -2.20. The lowest BCUT2D eigenvalue weighted by molar-refractivity contribution is -0.154. The van der Waals surface area contributed by atoms with Crippen molar-refractivity contribution in [2.24, 2.45) is 5.73 Å². The quantitative estimate of drug-likeness (QED) is 0.0286. The van der Waals surface area contributed by atoms with Gasteiger partial charge in [0.2, 0.25) is 0 Å². The topological polar surface area (TPSA) is 117 Å². The maximum absolute atomic E-state index is 12.5. The smallest absolute Gasteiger partial charge is 0.457 e.